The first-order valence-corrected chi connectivity index (χ1v) is 13.0. The molecule has 174 valence electrons. The van der Waals surface area contributed by atoms with Gasteiger partial charge in [-0.15, -0.1) is 0 Å². The average molecular weight is 442 g/mol. The highest BCUT2D eigenvalue weighted by Crippen LogP contribution is 2.42. The molecule has 1 aliphatic carbocycles. The maximum absolute atomic E-state index is 11.8. The number of allylic oxidation sites excluding steroid dienone is 3. The lowest BCUT2D eigenvalue weighted by molar-refractivity contribution is 0.122. The topological polar surface area (TPSA) is 66.0 Å². The van der Waals surface area contributed by atoms with Crippen LogP contribution >= 0.6 is 0 Å². The van der Waals surface area contributed by atoms with Crippen LogP contribution in [0.4, 0.5) is 4.79 Å². The number of ether oxygens (including phenoxy) is 1. The molecule has 0 atom stereocenters. The van der Waals surface area contributed by atoms with Gasteiger partial charge in [0.2, 0.25) is 0 Å². The van der Waals surface area contributed by atoms with Crippen molar-refractivity contribution in [2.24, 2.45) is 5.41 Å². The first kappa shape index (κ1) is 26.9. The molecule has 1 N–H and O–H groups in total. The van der Waals surface area contributed by atoms with E-state index in [-0.39, 0.29) is 6.09 Å². The molecule has 0 unspecified atom stereocenters. The van der Waals surface area contributed by atoms with Crippen molar-refractivity contribution in [3.8, 4) is 0 Å². The molecule has 0 aromatic carbocycles. The van der Waals surface area contributed by atoms with Crippen molar-refractivity contribution in [1.82, 2.24) is 5.32 Å². The van der Waals surface area contributed by atoms with E-state index in [9.17, 15) is 4.79 Å². The molecule has 0 aromatic rings. The summed E-state index contributed by atoms with van der Waals surface area (Å²) >= 11 is 0. The molecule has 1 amide bonds. The Morgan fingerprint density at radius 3 is 2.47 bits per heavy atom. The van der Waals surface area contributed by atoms with Gasteiger partial charge in [0.1, 0.15) is 0 Å². The summed E-state index contributed by atoms with van der Waals surface area (Å²) in [4.78, 5) is 11.8. The highest BCUT2D eigenvalue weighted by atomic mass is 28.4. The van der Waals surface area contributed by atoms with Crippen molar-refractivity contribution < 1.29 is 22.8 Å². The minimum Gasteiger partial charge on any atom is -0.449 e. The molecule has 0 spiro atoms. The van der Waals surface area contributed by atoms with Gasteiger partial charge in [-0.25, -0.2) is 4.79 Å². The number of alkyl carbamates (subject to hydrolysis) is 1. The van der Waals surface area contributed by atoms with Crippen LogP contribution in [-0.4, -0.2) is 49.4 Å². The molecule has 0 aliphatic heterocycles. The zero-order chi connectivity index (χ0) is 22.6. The normalized spacial score (nSPS) is 17.2. The van der Waals surface area contributed by atoms with E-state index in [0.717, 1.165) is 19.3 Å². The summed E-state index contributed by atoms with van der Waals surface area (Å²) in [5.74, 6) is 0. The number of rotatable bonds is 13. The van der Waals surface area contributed by atoms with Gasteiger partial charge in [-0.3, -0.25) is 0 Å². The van der Waals surface area contributed by atoms with E-state index in [1.807, 2.05) is 0 Å². The Kier molecular flexibility index (Phi) is 11.9. The summed E-state index contributed by atoms with van der Waals surface area (Å²) in [5, 5.41) is 2.77. The number of carbonyl (C=O) groups excluding carboxylic acids is 1. The SMILES string of the molecule is CO[Si](CCCNC(=O)OCC/C=C(/C)CCC1=C(C)CCCC1(C)C)(OC)OC. The maximum Gasteiger partial charge on any atom is 0.500 e. The molecule has 0 heterocycles. The van der Waals surface area contributed by atoms with Gasteiger partial charge in [-0.05, 0) is 64.2 Å². The van der Waals surface area contributed by atoms with Gasteiger partial charge < -0.3 is 23.3 Å². The van der Waals surface area contributed by atoms with Gasteiger partial charge in [-0.2, -0.15) is 0 Å². The van der Waals surface area contributed by atoms with Gasteiger partial charge in [0.15, 0.2) is 0 Å². The summed E-state index contributed by atoms with van der Waals surface area (Å²) < 4.78 is 21.3. The second-order valence-corrected chi connectivity index (χ2v) is 11.9. The summed E-state index contributed by atoms with van der Waals surface area (Å²) in [6, 6.07) is 0.644. The Bertz CT molecular complexity index is 588. The molecule has 7 heteroatoms. The van der Waals surface area contributed by atoms with Crippen LogP contribution in [0.2, 0.25) is 6.04 Å². The fraction of sp³-hybridized carbons (Fsp3) is 0.783. The molecule has 0 bridgehead atoms. The third-order valence-electron chi connectivity index (χ3n) is 6.16. The fourth-order valence-electron chi connectivity index (χ4n) is 4.21. The molecule has 0 fully saturated rings. The van der Waals surface area contributed by atoms with Gasteiger partial charge in [0.25, 0.3) is 0 Å². The van der Waals surface area contributed by atoms with Gasteiger partial charge in [0.05, 0.1) is 6.61 Å². The van der Waals surface area contributed by atoms with Crippen molar-refractivity contribution in [2.45, 2.75) is 78.7 Å². The first-order valence-electron chi connectivity index (χ1n) is 11.1. The van der Waals surface area contributed by atoms with Crippen LogP contribution in [0.5, 0.6) is 0 Å². The van der Waals surface area contributed by atoms with E-state index >= 15 is 0 Å². The summed E-state index contributed by atoms with van der Waals surface area (Å²) in [6.07, 6.45) is 9.32. The third kappa shape index (κ3) is 8.92. The van der Waals surface area contributed by atoms with Crippen molar-refractivity contribution >= 4 is 14.9 Å². The Hall–Kier alpha value is -1.15. The van der Waals surface area contributed by atoms with E-state index in [4.69, 9.17) is 18.0 Å². The predicted octanol–water partition coefficient (Wildman–Crippen LogP) is 5.62. The molecule has 0 saturated carbocycles. The Morgan fingerprint density at radius 2 is 1.87 bits per heavy atom. The summed E-state index contributed by atoms with van der Waals surface area (Å²) in [5.41, 5.74) is 4.92. The molecule has 1 rings (SSSR count). The van der Waals surface area contributed by atoms with Crippen LogP contribution in [0, 0.1) is 5.41 Å². The van der Waals surface area contributed by atoms with E-state index in [1.54, 1.807) is 32.5 Å². The van der Waals surface area contributed by atoms with Crippen molar-refractivity contribution in [1.29, 1.82) is 0 Å². The van der Waals surface area contributed by atoms with Gasteiger partial charge in [0, 0.05) is 33.9 Å². The lowest BCUT2D eigenvalue weighted by atomic mass is 9.71. The second-order valence-electron chi connectivity index (χ2n) is 8.80. The minimum atomic E-state index is -2.57. The second kappa shape index (κ2) is 13.3. The van der Waals surface area contributed by atoms with Crippen molar-refractivity contribution in [3.63, 3.8) is 0 Å². The quantitative estimate of drug-likeness (QED) is 0.228. The smallest absolute Gasteiger partial charge is 0.449 e. The molecule has 0 saturated heterocycles. The third-order valence-corrected chi connectivity index (χ3v) is 8.99. The van der Waals surface area contributed by atoms with E-state index < -0.39 is 8.80 Å². The monoisotopic (exact) mass is 441 g/mol. The van der Waals surface area contributed by atoms with E-state index in [0.29, 0.717) is 31.0 Å². The summed E-state index contributed by atoms with van der Waals surface area (Å²) in [7, 11) is 2.19. The molecule has 1 aliphatic rings. The zero-order valence-corrected chi connectivity index (χ0v) is 21.2. The number of hydrogen-bond acceptors (Lipinski definition) is 5. The van der Waals surface area contributed by atoms with Crippen molar-refractivity contribution in [3.05, 3.63) is 22.8 Å². The maximum atomic E-state index is 11.8. The lowest BCUT2D eigenvalue weighted by Crippen LogP contribution is -2.43. The zero-order valence-electron chi connectivity index (χ0n) is 20.2. The van der Waals surface area contributed by atoms with Gasteiger partial charge >= 0.3 is 14.9 Å². The molecular weight excluding hydrogens is 398 g/mol. The standard InChI is InChI=1S/C23H43NO5Si/c1-19(13-14-21-20(2)12-8-15-23(21,3)4)11-9-17-29-22(25)24-16-10-18-30(26-5,27-6)28-7/h11H,8-10,12-18H2,1-7H3,(H,24,25)/b19-11-. The Balaban J connectivity index is 2.24. The highest BCUT2D eigenvalue weighted by molar-refractivity contribution is 6.60. The number of amides is 1. The Morgan fingerprint density at radius 1 is 1.20 bits per heavy atom. The molecule has 0 aromatic heterocycles. The number of nitrogens with one attached hydrogen (secondary N) is 1. The molecule has 6 nitrogen and oxygen atoms in total. The van der Waals surface area contributed by atoms with Crippen LogP contribution in [0.1, 0.15) is 72.6 Å². The fourth-order valence-corrected chi connectivity index (χ4v) is 5.93. The summed E-state index contributed by atoms with van der Waals surface area (Å²) in [6.45, 7) is 10.1. The average Bonchev–Trinajstić information content (AvgIpc) is 2.71. The Labute approximate surface area is 184 Å². The highest BCUT2D eigenvalue weighted by Gasteiger charge is 2.36. The van der Waals surface area contributed by atoms with Crippen LogP contribution in [-0.2, 0) is 18.0 Å². The number of hydrogen-bond donors (Lipinski definition) is 1. The van der Waals surface area contributed by atoms with Crippen LogP contribution < -0.4 is 5.32 Å². The first-order chi connectivity index (χ1) is 14.2. The van der Waals surface area contributed by atoms with E-state index in [1.165, 1.54) is 24.8 Å². The lowest BCUT2D eigenvalue weighted by Gasteiger charge is -2.35. The van der Waals surface area contributed by atoms with E-state index in [2.05, 4.69) is 39.1 Å². The molecule has 0 radical (unpaired) electrons. The largest absolute Gasteiger partial charge is 0.500 e. The van der Waals surface area contributed by atoms with Crippen LogP contribution in [0.25, 0.3) is 0 Å². The molecule has 30 heavy (non-hydrogen) atoms. The minimum absolute atomic E-state index is 0.335. The van der Waals surface area contributed by atoms with Gasteiger partial charge in [-0.1, -0.05) is 36.6 Å². The van der Waals surface area contributed by atoms with Crippen molar-refractivity contribution in [2.75, 3.05) is 34.5 Å². The van der Waals surface area contributed by atoms with Crippen LogP contribution in [0.3, 0.4) is 0 Å². The predicted molar refractivity (Wildman–Crippen MR) is 123 cm³/mol. The number of carbonyl (C=O) groups is 1. The van der Waals surface area contributed by atoms with Crippen LogP contribution in [0.15, 0.2) is 22.8 Å². The molecular formula is C23H43NO5Si.